The smallest absolute Gasteiger partial charge is 0.309 e. The lowest BCUT2D eigenvalue weighted by atomic mass is 9.90. The zero-order valence-corrected chi connectivity index (χ0v) is 56.0. The number of nitrogens with zero attached hydrogens (tertiary/aromatic N) is 7. The predicted molar refractivity (Wildman–Crippen MR) is 418 cm³/mol. The van der Waals surface area contributed by atoms with Crippen LogP contribution in [0.15, 0.2) is 322 Å². The van der Waals surface area contributed by atoms with E-state index in [-0.39, 0.29) is 17.2 Å². The molecule has 502 valence electrons. The summed E-state index contributed by atoms with van der Waals surface area (Å²) in [5.41, 5.74) is 13.2. The molecule has 0 radical (unpaired) electrons. The van der Waals surface area contributed by atoms with Crippen LogP contribution in [0, 0.1) is 11.3 Å². The van der Waals surface area contributed by atoms with Crippen molar-refractivity contribution in [2.24, 2.45) is 0 Å². The van der Waals surface area contributed by atoms with Gasteiger partial charge < -0.3 is 27.4 Å². The molecule has 21 aromatic rings. The second-order valence-electron chi connectivity index (χ2n) is 27.3. The topological polar surface area (TPSA) is 53.4 Å². The van der Waals surface area contributed by atoms with Gasteiger partial charge in [-0.2, -0.15) is 31.6 Å². The summed E-state index contributed by atoms with van der Waals surface area (Å²) in [4.78, 5) is 0. The van der Waals surface area contributed by atoms with Gasteiger partial charge in [0.25, 0.3) is 0 Å². The lowest BCUT2D eigenvalue weighted by Crippen LogP contribution is -2.12. The Hall–Kier alpha value is -13.8. The molecule has 0 atom stereocenters. The molecular weight excluding hydrogens is 1330 g/mol. The molecule has 7 nitrogen and oxygen atoms in total. The first-order chi connectivity index (χ1) is 51.8. The Morgan fingerprint density at radius 3 is 0.858 bits per heavy atom. The first-order valence-electron chi connectivity index (χ1n) is 34.9. The summed E-state index contributed by atoms with van der Waals surface area (Å²) in [6, 6.07) is 107. The second kappa shape index (κ2) is 22.6. The van der Waals surface area contributed by atoms with Gasteiger partial charge in [-0.05, 0) is 169 Å². The van der Waals surface area contributed by atoms with Crippen LogP contribution in [0.5, 0.6) is 0 Å². The molecule has 6 aromatic heterocycles. The van der Waals surface area contributed by atoms with Crippen molar-refractivity contribution in [3.05, 3.63) is 338 Å². The number of nitriles is 1. The van der Waals surface area contributed by atoms with Crippen LogP contribution in [0.25, 0.3) is 187 Å². The first kappa shape index (κ1) is 60.9. The lowest BCUT2D eigenvalue weighted by Gasteiger charge is -2.22. The third-order valence-corrected chi connectivity index (χ3v) is 21.7. The molecule has 106 heavy (non-hydrogen) atoms. The van der Waals surface area contributed by atoms with Gasteiger partial charge >= 0.3 is 12.4 Å². The summed E-state index contributed by atoms with van der Waals surface area (Å²) in [7, 11) is 0. The zero-order valence-electron chi connectivity index (χ0n) is 56.0. The van der Waals surface area contributed by atoms with Crippen LogP contribution >= 0.6 is 0 Å². The van der Waals surface area contributed by atoms with Crippen molar-refractivity contribution >= 4 is 131 Å². The third kappa shape index (κ3) is 8.88. The summed E-state index contributed by atoms with van der Waals surface area (Å²) in [6.07, 6.45) is -10.3. The monoisotopic (exact) mass is 1380 g/mol. The first-order valence-corrected chi connectivity index (χ1v) is 34.9. The molecule has 0 fully saturated rings. The number of benzene rings is 15. The molecule has 0 unspecified atom stereocenters. The zero-order chi connectivity index (χ0) is 71.0. The molecule has 0 aliphatic rings. The van der Waals surface area contributed by atoms with Gasteiger partial charge in [0.05, 0.1) is 100 Å². The maximum Gasteiger partial charge on any atom is 0.417 e. The molecular formula is C93H53F6N7. The number of hydrogen-bond acceptors (Lipinski definition) is 1. The lowest BCUT2D eigenvalue weighted by molar-refractivity contribution is -0.142. The molecule has 0 aliphatic heterocycles. The average molecular weight is 1380 g/mol. The van der Waals surface area contributed by atoms with E-state index in [2.05, 4.69) is 203 Å². The molecule has 0 N–H and O–H groups in total. The maximum atomic E-state index is 15.8. The Labute approximate surface area is 599 Å². The number of rotatable bonds is 8. The predicted octanol–water partition coefficient (Wildman–Crippen LogP) is 25.5. The number of hydrogen-bond donors (Lipinski definition) is 0. The van der Waals surface area contributed by atoms with Crippen LogP contribution < -0.4 is 0 Å². The molecule has 0 bridgehead atoms. The SMILES string of the molecule is N#Cc1cccc(-n2c3ccc(-n4c5ccccc5c5ccccc54)cc3c3cc(-n4c5ccccc5c5ccccc54)ccc32)c1-c1cc(-c2ccc(C(F)(F)F)cc2C(F)(F)F)ccc1-n1c2ccc(-n3c4ccccc4c4ccccc43)cc2c2cc(-n3c4ccccc4c4ccccc43)ccc21. The molecule has 0 aliphatic carbocycles. The fourth-order valence-corrected chi connectivity index (χ4v) is 17.3. The summed E-state index contributed by atoms with van der Waals surface area (Å²) < 4.78 is 105. The Morgan fingerprint density at radius 1 is 0.236 bits per heavy atom. The van der Waals surface area contributed by atoms with Gasteiger partial charge in [0.2, 0.25) is 0 Å². The number of alkyl halides is 6. The van der Waals surface area contributed by atoms with Crippen molar-refractivity contribution < 1.29 is 26.3 Å². The van der Waals surface area contributed by atoms with Crippen LogP contribution in [0.3, 0.4) is 0 Å². The summed E-state index contributed by atoms with van der Waals surface area (Å²) in [6.45, 7) is 0. The second-order valence-corrected chi connectivity index (χ2v) is 27.3. The molecule has 0 amide bonds. The Bertz CT molecular complexity index is 6850. The Kier molecular flexibility index (Phi) is 13.0. The van der Waals surface area contributed by atoms with Crippen molar-refractivity contribution in [3.63, 3.8) is 0 Å². The van der Waals surface area contributed by atoms with Crippen LogP contribution in [-0.2, 0) is 12.4 Å². The number of fused-ring (bicyclic) bond motifs is 18. The molecule has 6 heterocycles. The Morgan fingerprint density at radius 2 is 0.547 bits per heavy atom. The van der Waals surface area contributed by atoms with Crippen molar-refractivity contribution in [1.29, 1.82) is 5.26 Å². The van der Waals surface area contributed by atoms with E-state index in [1.165, 1.54) is 0 Å². The van der Waals surface area contributed by atoms with Gasteiger partial charge in [-0.3, -0.25) is 0 Å². The van der Waals surface area contributed by atoms with Gasteiger partial charge in [0, 0.05) is 98.5 Å². The van der Waals surface area contributed by atoms with E-state index in [0.717, 1.165) is 160 Å². The van der Waals surface area contributed by atoms with Gasteiger partial charge in [0.1, 0.15) is 0 Å². The molecule has 13 heteroatoms. The highest BCUT2D eigenvalue weighted by molar-refractivity contribution is 6.17. The van der Waals surface area contributed by atoms with Gasteiger partial charge in [-0.15, -0.1) is 0 Å². The fraction of sp³-hybridized carbons (Fsp3) is 0.0215. The highest BCUT2D eigenvalue weighted by atomic mass is 19.4. The van der Waals surface area contributed by atoms with E-state index in [4.69, 9.17) is 0 Å². The van der Waals surface area contributed by atoms with E-state index in [9.17, 15) is 18.4 Å². The normalized spacial score (nSPS) is 12.4. The Balaban J connectivity index is 0.873. The fourth-order valence-electron chi connectivity index (χ4n) is 17.3. The van der Waals surface area contributed by atoms with E-state index in [1.807, 2.05) is 109 Å². The number of para-hydroxylation sites is 8. The van der Waals surface area contributed by atoms with Gasteiger partial charge in [-0.25, -0.2) is 0 Å². The summed E-state index contributed by atoms with van der Waals surface area (Å²) in [5.74, 6) is 0. The molecule has 0 spiro atoms. The average Bonchev–Trinajstić information content (AvgIpc) is 1.54. The van der Waals surface area contributed by atoms with Crippen LogP contribution in [-0.4, -0.2) is 27.4 Å². The third-order valence-electron chi connectivity index (χ3n) is 21.7. The van der Waals surface area contributed by atoms with E-state index in [0.29, 0.717) is 28.6 Å². The molecule has 0 saturated heterocycles. The number of halogens is 6. The van der Waals surface area contributed by atoms with E-state index < -0.39 is 29.0 Å². The van der Waals surface area contributed by atoms with Crippen molar-refractivity contribution in [1.82, 2.24) is 27.4 Å². The van der Waals surface area contributed by atoms with E-state index in [1.54, 1.807) is 24.3 Å². The van der Waals surface area contributed by atoms with Crippen molar-refractivity contribution in [3.8, 4) is 62.4 Å². The molecule has 15 aromatic carbocycles. The minimum Gasteiger partial charge on any atom is -0.309 e. The maximum absolute atomic E-state index is 15.8. The van der Waals surface area contributed by atoms with Crippen molar-refractivity contribution in [2.75, 3.05) is 0 Å². The van der Waals surface area contributed by atoms with E-state index >= 15 is 13.2 Å². The quantitative estimate of drug-likeness (QED) is 0.140. The minimum absolute atomic E-state index is 0.0181. The standard InChI is InChI=1S/C93H53F6N7/c94-92(95,96)57-37-42-62(76(49-57)93(97,98)99)55-36-43-89(105-85-44-38-58(101-77-27-9-1-19-63(77)64-20-2-10-28-78(64)101)50-71(85)72-51-59(39-45-86(72)105)102-79-29-11-3-21-65(79)66-22-4-12-30-80(66)102)75(48-55)91-56(54-100)18-17-35-90(91)106-87-46-40-60(103-81-31-13-5-23-67(81)68-24-6-14-32-82(68)103)52-73(87)74-53-61(41-47-88(74)106)104-83-33-15-7-25-69(83)70-26-8-16-34-84(70)104/h1-53H. The summed E-state index contributed by atoms with van der Waals surface area (Å²) in [5, 5.41) is 24.1. The highest BCUT2D eigenvalue weighted by Crippen LogP contribution is 2.49. The van der Waals surface area contributed by atoms with Crippen LogP contribution in [0.1, 0.15) is 16.7 Å². The van der Waals surface area contributed by atoms with Crippen LogP contribution in [0.2, 0.25) is 0 Å². The molecule has 21 rings (SSSR count). The highest BCUT2D eigenvalue weighted by Gasteiger charge is 2.39. The largest absolute Gasteiger partial charge is 0.417 e. The van der Waals surface area contributed by atoms with Crippen molar-refractivity contribution in [2.45, 2.75) is 12.4 Å². The van der Waals surface area contributed by atoms with Gasteiger partial charge in [0.15, 0.2) is 0 Å². The van der Waals surface area contributed by atoms with Gasteiger partial charge in [-0.1, -0.05) is 164 Å². The number of aromatic nitrogens is 6. The van der Waals surface area contributed by atoms with Crippen LogP contribution in [0.4, 0.5) is 26.3 Å². The summed E-state index contributed by atoms with van der Waals surface area (Å²) >= 11 is 0. The minimum atomic E-state index is -5.22. The molecule has 0 saturated carbocycles.